The molecule has 0 atom stereocenters. The molecule has 0 saturated carbocycles. The van der Waals surface area contributed by atoms with Crippen LogP contribution in [0.5, 0.6) is 0 Å². The maximum atomic E-state index is 12.8. The summed E-state index contributed by atoms with van der Waals surface area (Å²) in [5.74, 6) is -0.421. The van der Waals surface area contributed by atoms with Crippen LogP contribution in [0, 0.1) is 6.92 Å². The highest BCUT2D eigenvalue weighted by molar-refractivity contribution is 7.20. The number of aromatic nitrogens is 2. The lowest BCUT2D eigenvalue weighted by Crippen LogP contribution is -2.21. The molecule has 0 saturated heterocycles. The molecule has 0 aliphatic heterocycles. The van der Waals surface area contributed by atoms with Gasteiger partial charge in [-0.25, -0.2) is 9.78 Å². The van der Waals surface area contributed by atoms with E-state index < -0.39 is 5.97 Å². The van der Waals surface area contributed by atoms with E-state index in [1.54, 1.807) is 19.9 Å². The van der Waals surface area contributed by atoms with E-state index in [1.807, 2.05) is 18.2 Å². The van der Waals surface area contributed by atoms with Crippen LogP contribution in [0.1, 0.15) is 27.7 Å². The molecule has 0 spiro atoms. The molecule has 1 aromatic carbocycles. The van der Waals surface area contributed by atoms with Gasteiger partial charge in [-0.15, -0.1) is 11.3 Å². The summed E-state index contributed by atoms with van der Waals surface area (Å²) in [6.07, 6.45) is 1.48. The summed E-state index contributed by atoms with van der Waals surface area (Å²) in [5.41, 5.74) is 1.25. The molecule has 3 aromatic rings. The molecular formula is C17H15ClN2O3S. The Hall–Kier alpha value is -2.18. The number of aryl methyl sites for hydroxylation is 1. The molecule has 124 valence electrons. The Morgan fingerprint density at radius 3 is 2.83 bits per heavy atom. The number of halogens is 1. The van der Waals surface area contributed by atoms with Crippen LogP contribution in [0.3, 0.4) is 0 Å². The summed E-state index contributed by atoms with van der Waals surface area (Å²) in [7, 11) is 0. The summed E-state index contributed by atoms with van der Waals surface area (Å²) >= 11 is 7.34. The van der Waals surface area contributed by atoms with Crippen molar-refractivity contribution in [1.29, 1.82) is 0 Å². The first-order valence-electron chi connectivity index (χ1n) is 7.42. The van der Waals surface area contributed by atoms with Crippen molar-refractivity contribution in [3.63, 3.8) is 0 Å². The number of fused-ring (bicyclic) bond motifs is 1. The number of nitrogens with zero attached hydrogens (tertiary/aromatic N) is 2. The topological polar surface area (TPSA) is 61.2 Å². The fourth-order valence-corrected chi connectivity index (χ4v) is 3.70. The van der Waals surface area contributed by atoms with Gasteiger partial charge in [0.2, 0.25) is 0 Å². The molecule has 0 radical (unpaired) electrons. The molecule has 0 unspecified atom stereocenters. The van der Waals surface area contributed by atoms with Gasteiger partial charge in [0.15, 0.2) is 0 Å². The maximum absolute atomic E-state index is 12.8. The molecular weight excluding hydrogens is 348 g/mol. The lowest BCUT2D eigenvalue weighted by atomic mass is 10.2. The van der Waals surface area contributed by atoms with Gasteiger partial charge in [0.05, 0.1) is 24.9 Å². The third kappa shape index (κ3) is 2.95. The Labute approximate surface area is 147 Å². The Kier molecular flexibility index (Phi) is 4.69. The zero-order chi connectivity index (χ0) is 17.3. The number of carbonyl (C=O) groups excluding carboxylic acids is 1. The SMILES string of the molecule is CCOC(=O)c1sc2ncn(Cc3ccccc3Cl)c(=O)c2c1C. The van der Waals surface area contributed by atoms with Crippen molar-refractivity contribution in [3.05, 3.63) is 62.0 Å². The molecule has 3 rings (SSSR count). The minimum absolute atomic E-state index is 0.191. The first-order valence-corrected chi connectivity index (χ1v) is 8.61. The second-order valence-corrected chi connectivity index (χ2v) is 6.63. The lowest BCUT2D eigenvalue weighted by Gasteiger charge is -2.07. The number of thiophene rings is 1. The maximum Gasteiger partial charge on any atom is 0.348 e. The van der Waals surface area contributed by atoms with Crippen LogP contribution in [0.2, 0.25) is 5.02 Å². The zero-order valence-electron chi connectivity index (χ0n) is 13.2. The predicted octanol–water partition coefficient (Wildman–Crippen LogP) is 3.64. The molecule has 0 aliphatic rings. The second-order valence-electron chi connectivity index (χ2n) is 5.23. The van der Waals surface area contributed by atoms with Crippen LogP contribution >= 0.6 is 22.9 Å². The van der Waals surface area contributed by atoms with Crippen molar-refractivity contribution in [1.82, 2.24) is 9.55 Å². The van der Waals surface area contributed by atoms with Gasteiger partial charge in [-0.2, -0.15) is 0 Å². The molecule has 0 aliphatic carbocycles. The molecule has 7 heteroatoms. The quantitative estimate of drug-likeness (QED) is 0.665. The minimum atomic E-state index is -0.421. The van der Waals surface area contributed by atoms with Gasteiger partial charge in [0.25, 0.3) is 5.56 Å². The van der Waals surface area contributed by atoms with E-state index in [0.29, 0.717) is 32.2 Å². The van der Waals surface area contributed by atoms with Gasteiger partial charge < -0.3 is 4.74 Å². The third-order valence-electron chi connectivity index (χ3n) is 3.68. The van der Waals surface area contributed by atoms with Crippen molar-refractivity contribution in [2.75, 3.05) is 6.61 Å². The van der Waals surface area contributed by atoms with Crippen LogP contribution in [0.4, 0.5) is 0 Å². The van der Waals surface area contributed by atoms with Crippen LogP contribution in [0.25, 0.3) is 10.2 Å². The Morgan fingerprint density at radius 2 is 2.12 bits per heavy atom. The smallest absolute Gasteiger partial charge is 0.348 e. The van der Waals surface area contributed by atoms with E-state index >= 15 is 0 Å². The summed E-state index contributed by atoms with van der Waals surface area (Å²) in [5, 5.41) is 1.05. The highest BCUT2D eigenvalue weighted by atomic mass is 35.5. The zero-order valence-corrected chi connectivity index (χ0v) is 14.8. The number of hydrogen-bond donors (Lipinski definition) is 0. The number of esters is 1. The van der Waals surface area contributed by atoms with Crippen molar-refractivity contribution in [2.24, 2.45) is 0 Å². The van der Waals surface area contributed by atoms with Gasteiger partial charge in [-0.1, -0.05) is 29.8 Å². The van der Waals surface area contributed by atoms with Crippen molar-refractivity contribution < 1.29 is 9.53 Å². The Balaban J connectivity index is 2.08. The number of hydrogen-bond acceptors (Lipinski definition) is 5. The minimum Gasteiger partial charge on any atom is -0.462 e. The van der Waals surface area contributed by atoms with Crippen molar-refractivity contribution in [2.45, 2.75) is 20.4 Å². The normalized spacial score (nSPS) is 11.0. The Bertz CT molecular complexity index is 978. The molecule has 0 amide bonds. The summed E-state index contributed by atoms with van der Waals surface area (Å²) in [6, 6.07) is 7.35. The van der Waals surface area contributed by atoms with Crippen LogP contribution < -0.4 is 5.56 Å². The predicted molar refractivity (Wildman–Crippen MR) is 95.1 cm³/mol. The van der Waals surface area contributed by atoms with Crippen LogP contribution in [-0.4, -0.2) is 22.1 Å². The fourth-order valence-electron chi connectivity index (χ4n) is 2.47. The second kappa shape index (κ2) is 6.75. The average molecular weight is 363 g/mol. The Morgan fingerprint density at radius 1 is 1.38 bits per heavy atom. The van der Waals surface area contributed by atoms with Gasteiger partial charge in [-0.3, -0.25) is 9.36 Å². The standard InChI is InChI=1S/C17H15ClN2O3S/c1-3-23-17(22)14-10(2)13-15(24-14)19-9-20(16(13)21)8-11-6-4-5-7-12(11)18/h4-7,9H,3,8H2,1-2H3. The van der Waals surface area contributed by atoms with Crippen molar-refractivity contribution >= 4 is 39.1 Å². The van der Waals surface area contributed by atoms with E-state index in [0.717, 1.165) is 5.56 Å². The molecule has 0 bridgehead atoms. The van der Waals surface area contributed by atoms with E-state index in [1.165, 1.54) is 22.2 Å². The molecule has 24 heavy (non-hydrogen) atoms. The van der Waals surface area contributed by atoms with E-state index in [4.69, 9.17) is 16.3 Å². The average Bonchev–Trinajstić information content (AvgIpc) is 2.90. The molecule has 0 N–H and O–H groups in total. The summed E-state index contributed by atoms with van der Waals surface area (Å²) < 4.78 is 6.54. The first-order chi connectivity index (χ1) is 11.5. The number of benzene rings is 1. The highest BCUT2D eigenvalue weighted by Gasteiger charge is 2.20. The number of rotatable bonds is 4. The first kappa shape index (κ1) is 16.7. The molecule has 0 fully saturated rings. The van der Waals surface area contributed by atoms with E-state index in [-0.39, 0.29) is 12.2 Å². The third-order valence-corrected chi connectivity index (χ3v) is 5.23. The van der Waals surface area contributed by atoms with Gasteiger partial charge in [0.1, 0.15) is 9.71 Å². The highest BCUT2D eigenvalue weighted by Crippen LogP contribution is 2.27. The number of ether oxygens (including phenoxy) is 1. The molecule has 2 heterocycles. The van der Waals surface area contributed by atoms with Gasteiger partial charge >= 0.3 is 5.97 Å². The monoisotopic (exact) mass is 362 g/mol. The largest absolute Gasteiger partial charge is 0.462 e. The van der Waals surface area contributed by atoms with Gasteiger partial charge in [0, 0.05) is 5.02 Å². The van der Waals surface area contributed by atoms with E-state index in [9.17, 15) is 9.59 Å². The van der Waals surface area contributed by atoms with Crippen LogP contribution in [0.15, 0.2) is 35.4 Å². The van der Waals surface area contributed by atoms with Crippen LogP contribution in [-0.2, 0) is 11.3 Å². The lowest BCUT2D eigenvalue weighted by molar-refractivity contribution is 0.0531. The molecule has 2 aromatic heterocycles. The number of carbonyl (C=O) groups is 1. The summed E-state index contributed by atoms with van der Waals surface area (Å²) in [4.78, 5) is 30.1. The molecule has 5 nitrogen and oxygen atoms in total. The van der Waals surface area contributed by atoms with Gasteiger partial charge in [-0.05, 0) is 31.0 Å². The van der Waals surface area contributed by atoms with E-state index in [2.05, 4.69) is 4.98 Å². The van der Waals surface area contributed by atoms with Crippen molar-refractivity contribution in [3.8, 4) is 0 Å². The summed E-state index contributed by atoms with van der Waals surface area (Å²) in [6.45, 7) is 4.10. The fraction of sp³-hybridized carbons (Fsp3) is 0.235.